The molecule has 1 heterocycles. The van der Waals surface area contributed by atoms with Crippen LogP contribution in [0.15, 0.2) is 33.2 Å². The zero-order valence-electron chi connectivity index (χ0n) is 10.6. The van der Waals surface area contributed by atoms with E-state index in [4.69, 9.17) is 4.42 Å². The Morgan fingerprint density at radius 2 is 2.28 bits per heavy atom. The molecule has 2 aromatic rings. The highest BCUT2D eigenvalue weighted by Gasteiger charge is 2.24. The van der Waals surface area contributed by atoms with Gasteiger partial charge < -0.3 is 9.73 Å². The number of hydrogen-bond acceptors (Lipinski definition) is 2. The minimum absolute atomic E-state index is 0.338. The van der Waals surface area contributed by atoms with Crippen LogP contribution in [-0.4, -0.2) is 7.05 Å². The summed E-state index contributed by atoms with van der Waals surface area (Å²) in [6, 6.07) is 8.66. The van der Waals surface area contributed by atoms with Gasteiger partial charge in [-0.25, -0.2) is 0 Å². The Morgan fingerprint density at radius 3 is 2.94 bits per heavy atom. The lowest BCUT2D eigenvalue weighted by atomic mass is 10.1. The lowest BCUT2D eigenvalue weighted by Crippen LogP contribution is -2.15. The summed E-state index contributed by atoms with van der Waals surface area (Å²) in [5.74, 6) is 2.03. The van der Waals surface area contributed by atoms with Gasteiger partial charge in [-0.3, -0.25) is 0 Å². The summed E-state index contributed by atoms with van der Waals surface area (Å²) >= 11 is 3.54. The first-order valence-electron chi connectivity index (χ1n) is 6.63. The van der Waals surface area contributed by atoms with E-state index in [1.54, 1.807) is 0 Å². The van der Waals surface area contributed by atoms with Crippen molar-refractivity contribution in [2.45, 2.75) is 31.7 Å². The van der Waals surface area contributed by atoms with Crippen LogP contribution in [0.25, 0.3) is 11.0 Å². The first-order valence-corrected chi connectivity index (χ1v) is 7.42. The number of rotatable bonds is 5. The first kappa shape index (κ1) is 12.2. The van der Waals surface area contributed by atoms with Gasteiger partial charge in [-0.15, -0.1) is 0 Å². The Kier molecular flexibility index (Phi) is 3.44. The average molecular weight is 308 g/mol. The van der Waals surface area contributed by atoms with Gasteiger partial charge in [-0.2, -0.15) is 0 Å². The van der Waals surface area contributed by atoms with E-state index in [9.17, 15) is 0 Å². The van der Waals surface area contributed by atoms with Crippen LogP contribution >= 0.6 is 15.9 Å². The van der Waals surface area contributed by atoms with Gasteiger partial charge in [0.1, 0.15) is 11.3 Å². The summed E-state index contributed by atoms with van der Waals surface area (Å²) in [6.07, 6.45) is 5.31. The number of para-hydroxylation sites is 1. The van der Waals surface area contributed by atoms with Gasteiger partial charge in [-0.05, 0) is 53.9 Å². The number of nitrogens with one attached hydrogen (secondary N) is 1. The predicted octanol–water partition coefficient (Wildman–Crippen LogP) is 4.65. The maximum absolute atomic E-state index is 6.00. The van der Waals surface area contributed by atoms with E-state index in [0.29, 0.717) is 6.04 Å². The summed E-state index contributed by atoms with van der Waals surface area (Å²) in [5.41, 5.74) is 0.958. The first-order chi connectivity index (χ1) is 8.78. The third kappa shape index (κ3) is 2.47. The van der Waals surface area contributed by atoms with Crippen LogP contribution in [0.5, 0.6) is 0 Å². The Morgan fingerprint density at radius 1 is 1.44 bits per heavy atom. The van der Waals surface area contributed by atoms with Gasteiger partial charge >= 0.3 is 0 Å². The molecule has 1 N–H and O–H groups in total. The zero-order valence-corrected chi connectivity index (χ0v) is 12.2. The second kappa shape index (κ2) is 5.06. The van der Waals surface area contributed by atoms with Crippen LogP contribution in [0.1, 0.15) is 37.5 Å². The van der Waals surface area contributed by atoms with Crippen LogP contribution < -0.4 is 5.32 Å². The maximum atomic E-state index is 6.00. The Hall–Kier alpha value is -0.800. The van der Waals surface area contributed by atoms with Crippen LogP contribution in [0.3, 0.4) is 0 Å². The van der Waals surface area contributed by atoms with Crippen molar-refractivity contribution in [2.75, 3.05) is 7.05 Å². The largest absolute Gasteiger partial charge is 0.458 e. The SMILES string of the molecule is CNC(CCC1CC1)c1cc2cccc(Br)c2o1. The highest BCUT2D eigenvalue weighted by atomic mass is 79.9. The molecule has 3 heteroatoms. The quantitative estimate of drug-likeness (QED) is 0.870. The molecule has 1 aliphatic carbocycles. The number of benzene rings is 1. The summed E-state index contributed by atoms with van der Waals surface area (Å²) in [5, 5.41) is 4.55. The number of halogens is 1. The number of hydrogen-bond donors (Lipinski definition) is 1. The monoisotopic (exact) mass is 307 g/mol. The molecule has 3 rings (SSSR count). The zero-order chi connectivity index (χ0) is 12.5. The maximum Gasteiger partial charge on any atom is 0.148 e. The number of furan rings is 1. The predicted molar refractivity (Wildman–Crippen MR) is 77.7 cm³/mol. The second-order valence-electron chi connectivity index (χ2n) is 5.17. The van der Waals surface area contributed by atoms with Crippen molar-refractivity contribution in [1.82, 2.24) is 5.32 Å². The van der Waals surface area contributed by atoms with E-state index < -0.39 is 0 Å². The van der Waals surface area contributed by atoms with E-state index in [2.05, 4.69) is 33.4 Å². The van der Waals surface area contributed by atoms with E-state index in [-0.39, 0.29) is 0 Å². The minimum atomic E-state index is 0.338. The van der Waals surface area contributed by atoms with E-state index in [1.807, 2.05) is 19.2 Å². The van der Waals surface area contributed by atoms with Gasteiger partial charge in [-0.1, -0.05) is 25.0 Å². The fourth-order valence-electron chi connectivity index (χ4n) is 2.46. The van der Waals surface area contributed by atoms with E-state index in [0.717, 1.165) is 21.7 Å². The molecule has 0 saturated heterocycles. The molecular formula is C15H18BrNO. The molecule has 18 heavy (non-hydrogen) atoms. The molecule has 96 valence electrons. The third-order valence-electron chi connectivity index (χ3n) is 3.77. The topological polar surface area (TPSA) is 25.2 Å². The van der Waals surface area contributed by atoms with Gasteiger partial charge in [0.25, 0.3) is 0 Å². The normalized spacial score (nSPS) is 17.2. The van der Waals surface area contributed by atoms with Gasteiger partial charge in [0, 0.05) is 5.39 Å². The van der Waals surface area contributed by atoms with Crippen LogP contribution in [0, 0.1) is 5.92 Å². The molecule has 0 amide bonds. The smallest absolute Gasteiger partial charge is 0.148 e. The van der Waals surface area contributed by atoms with Crippen molar-refractivity contribution < 1.29 is 4.42 Å². The molecule has 0 radical (unpaired) electrons. The Balaban J connectivity index is 1.84. The minimum Gasteiger partial charge on any atom is -0.458 e. The van der Waals surface area contributed by atoms with Crippen molar-refractivity contribution >= 4 is 26.9 Å². The molecule has 0 bridgehead atoms. The standard InChI is InChI=1S/C15H18BrNO/c1-17-13(8-7-10-5-6-10)14-9-11-3-2-4-12(16)15(11)18-14/h2-4,9-10,13,17H,5-8H2,1H3. The van der Waals surface area contributed by atoms with Crippen molar-refractivity contribution in [3.8, 4) is 0 Å². The van der Waals surface area contributed by atoms with Crippen molar-refractivity contribution in [2.24, 2.45) is 5.92 Å². The second-order valence-corrected chi connectivity index (χ2v) is 6.02. The summed E-state index contributed by atoms with van der Waals surface area (Å²) in [7, 11) is 2.01. The molecular weight excluding hydrogens is 290 g/mol. The van der Waals surface area contributed by atoms with Crippen molar-refractivity contribution in [3.05, 3.63) is 34.5 Å². The lowest BCUT2D eigenvalue weighted by molar-refractivity contribution is 0.416. The Bertz CT molecular complexity index is 544. The Labute approximate surface area is 116 Å². The third-order valence-corrected chi connectivity index (χ3v) is 4.39. The van der Waals surface area contributed by atoms with E-state index >= 15 is 0 Å². The number of fused-ring (bicyclic) bond motifs is 1. The molecule has 1 aromatic carbocycles. The highest BCUT2D eigenvalue weighted by Crippen LogP contribution is 2.37. The molecule has 0 aliphatic heterocycles. The molecule has 1 saturated carbocycles. The average Bonchev–Trinajstić information content (AvgIpc) is 3.08. The van der Waals surface area contributed by atoms with Gasteiger partial charge in [0.05, 0.1) is 10.5 Å². The molecule has 1 aromatic heterocycles. The fourth-order valence-corrected chi connectivity index (χ4v) is 2.92. The summed E-state index contributed by atoms with van der Waals surface area (Å²) in [4.78, 5) is 0. The van der Waals surface area contributed by atoms with E-state index in [1.165, 1.54) is 31.1 Å². The fraction of sp³-hybridized carbons (Fsp3) is 0.467. The highest BCUT2D eigenvalue weighted by molar-refractivity contribution is 9.10. The lowest BCUT2D eigenvalue weighted by Gasteiger charge is -2.12. The summed E-state index contributed by atoms with van der Waals surface area (Å²) in [6.45, 7) is 0. The molecule has 0 spiro atoms. The van der Waals surface area contributed by atoms with Gasteiger partial charge in [0.2, 0.25) is 0 Å². The van der Waals surface area contributed by atoms with Gasteiger partial charge in [0.15, 0.2) is 0 Å². The molecule has 1 fully saturated rings. The van der Waals surface area contributed by atoms with Crippen LogP contribution in [0.4, 0.5) is 0 Å². The summed E-state index contributed by atoms with van der Waals surface area (Å²) < 4.78 is 7.03. The molecule has 1 unspecified atom stereocenters. The van der Waals surface area contributed by atoms with Crippen LogP contribution in [0.2, 0.25) is 0 Å². The van der Waals surface area contributed by atoms with Crippen LogP contribution in [-0.2, 0) is 0 Å². The molecule has 2 nitrogen and oxygen atoms in total. The van der Waals surface area contributed by atoms with Crippen molar-refractivity contribution in [3.63, 3.8) is 0 Å². The van der Waals surface area contributed by atoms with Crippen molar-refractivity contribution in [1.29, 1.82) is 0 Å². The molecule has 1 atom stereocenters. The molecule has 1 aliphatic rings.